The number of ether oxygens (including phenoxy) is 2. The zero-order chi connectivity index (χ0) is 20.6. The van der Waals surface area contributed by atoms with Crippen LogP contribution in [-0.2, 0) is 16.6 Å². The molecule has 3 aromatic rings. The molecule has 2 aromatic heterocycles. The molecule has 0 atom stereocenters. The van der Waals surface area contributed by atoms with Gasteiger partial charge in [0.2, 0.25) is 10.0 Å². The topological polar surface area (TPSA) is 134 Å². The van der Waals surface area contributed by atoms with E-state index in [1.54, 1.807) is 0 Å². The van der Waals surface area contributed by atoms with Gasteiger partial charge in [0.25, 0.3) is 0 Å². The molecule has 0 saturated heterocycles. The van der Waals surface area contributed by atoms with Gasteiger partial charge >= 0.3 is 0 Å². The molecule has 29 heavy (non-hydrogen) atoms. The standard InChI is InChI=1S/C16H17IN6O4S2/c1-29(24,25)21-2-3-23-15-13(14(18)19-8-20-15)22-16(23)28-12-7-11-10(6-9(12)17)26-4-5-27-11/h6-8,21H,2-5H2,1H3,(H2,18,19,20). The summed E-state index contributed by atoms with van der Waals surface area (Å²) in [6.45, 7) is 1.56. The van der Waals surface area contributed by atoms with Crippen molar-refractivity contribution in [1.82, 2.24) is 24.2 Å². The molecule has 0 amide bonds. The number of hydrogen-bond acceptors (Lipinski definition) is 9. The third-order valence-corrected chi connectivity index (χ3v) is 7.06. The first-order valence-corrected chi connectivity index (χ1v) is 12.3. The number of hydrogen-bond donors (Lipinski definition) is 2. The molecule has 1 aliphatic heterocycles. The normalized spacial score (nSPS) is 13.7. The monoisotopic (exact) mass is 548 g/mol. The number of rotatable bonds is 6. The molecular weight excluding hydrogens is 531 g/mol. The van der Waals surface area contributed by atoms with E-state index in [1.807, 2.05) is 16.7 Å². The lowest BCUT2D eigenvalue weighted by Gasteiger charge is -2.19. The fourth-order valence-electron chi connectivity index (χ4n) is 2.78. The molecule has 4 rings (SSSR count). The molecule has 1 aliphatic rings. The van der Waals surface area contributed by atoms with Crippen molar-refractivity contribution in [2.45, 2.75) is 16.6 Å². The van der Waals surface area contributed by atoms with E-state index in [1.165, 1.54) is 18.1 Å². The molecule has 3 heterocycles. The van der Waals surface area contributed by atoms with E-state index in [2.05, 4.69) is 42.3 Å². The first-order chi connectivity index (χ1) is 13.8. The smallest absolute Gasteiger partial charge is 0.208 e. The Kier molecular flexibility index (Phi) is 5.72. The van der Waals surface area contributed by atoms with E-state index in [9.17, 15) is 8.42 Å². The molecule has 0 spiro atoms. The number of nitrogen functional groups attached to an aromatic ring is 1. The number of aromatic nitrogens is 4. The summed E-state index contributed by atoms with van der Waals surface area (Å²) in [6.07, 6.45) is 2.48. The minimum Gasteiger partial charge on any atom is -0.486 e. The van der Waals surface area contributed by atoms with Crippen molar-refractivity contribution in [2.24, 2.45) is 0 Å². The summed E-state index contributed by atoms with van der Waals surface area (Å²) in [5, 5.41) is 0.622. The number of fused-ring (bicyclic) bond motifs is 2. The molecule has 10 nitrogen and oxygen atoms in total. The molecule has 13 heteroatoms. The van der Waals surface area contributed by atoms with Crippen molar-refractivity contribution >= 4 is 61.4 Å². The van der Waals surface area contributed by atoms with Crippen LogP contribution in [0, 0.1) is 3.57 Å². The van der Waals surface area contributed by atoms with Crippen LogP contribution in [0.1, 0.15) is 0 Å². The molecule has 154 valence electrons. The van der Waals surface area contributed by atoms with Crippen LogP contribution in [0.4, 0.5) is 5.82 Å². The van der Waals surface area contributed by atoms with Gasteiger partial charge in [-0.25, -0.2) is 28.1 Å². The Bertz CT molecular complexity index is 1180. The minimum absolute atomic E-state index is 0.194. The Balaban J connectivity index is 1.71. The van der Waals surface area contributed by atoms with E-state index < -0.39 is 10.0 Å². The second kappa shape index (κ2) is 8.12. The van der Waals surface area contributed by atoms with Crippen LogP contribution in [0.2, 0.25) is 0 Å². The maximum Gasteiger partial charge on any atom is 0.208 e. The summed E-state index contributed by atoms with van der Waals surface area (Å²) in [7, 11) is -3.31. The first-order valence-electron chi connectivity index (χ1n) is 8.50. The number of benzene rings is 1. The molecule has 1 aromatic carbocycles. The van der Waals surface area contributed by atoms with Crippen LogP contribution in [0.5, 0.6) is 11.5 Å². The number of halogens is 1. The quantitative estimate of drug-likeness (QED) is 0.440. The maximum absolute atomic E-state index is 11.4. The van der Waals surface area contributed by atoms with Crippen molar-refractivity contribution < 1.29 is 17.9 Å². The van der Waals surface area contributed by atoms with Crippen LogP contribution >= 0.6 is 34.4 Å². The van der Waals surface area contributed by atoms with Crippen molar-refractivity contribution in [2.75, 3.05) is 31.7 Å². The second-order valence-corrected chi connectivity index (χ2v) is 10.2. The summed E-state index contributed by atoms with van der Waals surface area (Å²) in [5.74, 6) is 1.66. The lowest BCUT2D eigenvalue weighted by Crippen LogP contribution is -2.26. The van der Waals surface area contributed by atoms with Gasteiger partial charge in [0, 0.05) is 21.6 Å². The molecular formula is C16H17IN6O4S2. The van der Waals surface area contributed by atoms with Crippen LogP contribution in [0.3, 0.4) is 0 Å². The zero-order valence-corrected chi connectivity index (χ0v) is 19.0. The van der Waals surface area contributed by atoms with Gasteiger partial charge in [0.05, 0.1) is 6.26 Å². The van der Waals surface area contributed by atoms with Crippen LogP contribution in [-0.4, -0.2) is 54.0 Å². The van der Waals surface area contributed by atoms with Crippen LogP contribution in [0.15, 0.2) is 28.5 Å². The number of nitrogens with two attached hydrogens (primary N) is 1. The number of imidazole rings is 1. The van der Waals surface area contributed by atoms with Crippen LogP contribution in [0.25, 0.3) is 11.2 Å². The van der Waals surface area contributed by atoms with Gasteiger partial charge in [-0.1, -0.05) is 11.8 Å². The highest BCUT2D eigenvalue weighted by Crippen LogP contribution is 2.40. The Morgan fingerprint density at radius 1 is 1.28 bits per heavy atom. The van der Waals surface area contributed by atoms with E-state index >= 15 is 0 Å². The van der Waals surface area contributed by atoms with E-state index in [4.69, 9.17) is 15.2 Å². The highest BCUT2D eigenvalue weighted by molar-refractivity contribution is 14.1. The Hall–Kier alpha value is -1.84. The first kappa shape index (κ1) is 20.4. The molecule has 0 saturated carbocycles. The second-order valence-electron chi connectivity index (χ2n) is 6.17. The average molecular weight is 548 g/mol. The Labute approximate surface area is 184 Å². The summed E-state index contributed by atoms with van der Waals surface area (Å²) in [6, 6.07) is 3.83. The SMILES string of the molecule is CS(=O)(=O)NCCn1c(Sc2cc3c(cc2I)OCCO3)nc2c(N)ncnc21. The number of sulfonamides is 1. The number of nitrogens with zero attached hydrogens (tertiary/aromatic N) is 4. The minimum atomic E-state index is -3.31. The highest BCUT2D eigenvalue weighted by atomic mass is 127. The number of anilines is 1. The van der Waals surface area contributed by atoms with Gasteiger partial charge < -0.3 is 19.8 Å². The van der Waals surface area contributed by atoms with Crippen LogP contribution < -0.4 is 19.9 Å². The van der Waals surface area contributed by atoms with Crippen molar-refractivity contribution in [1.29, 1.82) is 0 Å². The van der Waals surface area contributed by atoms with E-state index in [-0.39, 0.29) is 12.4 Å². The zero-order valence-electron chi connectivity index (χ0n) is 15.3. The van der Waals surface area contributed by atoms with E-state index in [0.717, 1.165) is 14.7 Å². The van der Waals surface area contributed by atoms with Gasteiger partial charge in [-0.2, -0.15) is 0 Å². The van der Waals surface area contributed by atoms with Gasteiger partial charge in [-0.05, 0) is 34.7 Å². The largest absolute Gasteiger partial charge is 0.486 e. The third kappa shape index (κ3) is 4.51. The highest BCUT2D eigenvalue weighted by Gasteiger charge is 2.20. The van der Waals surface area contributed by atoms with Gasteiger partial charge in [-0.3, -0.25) is 0 Å². The molecule has 0 fully saturated rings. The lowest BCUT2D eigenvalue weighted by molar-refractivity contribution is 0.171. The predicted octanol–water partition coefficient (Wildman–Crippen LogP) is 1.48. The maximum atomic E-state index is 11.4. The third-order valence-electron chi connectivity index (χ3n) is 4.02. The van der Waals surface area contributed by atoms with Crippen molar-refractivity contribution in [3.05, 3.63) is 22.0 Å². The molecule has 0 unspecified atom stereocenters. The molecule has 0 radical (unpaired) electrons. The fourth-order valence-corrected chi connectivity index (χ4v) is 4.95. The van der Waals surface area contributed by atoms with Gasteiger partial charge in [0.1, 0.15) is 19.5 Å². The average Bonchev–Trinajstić information content (AvgIpc) is 3.00. The Morgan fingerprint density at radius 3 is 2.72 bits per heavy atom. The summed E-state index contributed by atoms with van der Waals surface area (Å²) in [4.78, 5) is 13.8. The number of nitrogens with one attached hydrogen (secondary N) is 1. The summed E-state index contributed by atoms with van der Waals surface area (Å²) >= 11 is 3.65. The van der Waals surface area contributed by atoms with Gasteiger partial charge in [-0.15, -0.1) is 0 Å². The summed E-state index contributed by atoms with van der Waals surface area (Å²) < 4.78 is 39.4. The fraction of sp³-hybridized carbons (Fsp3) is 0.312. The molecule has 3 N–H and O–H groups in total. The van der Waals surface area contributed by atoms with E-state index in [0.29, 0.717) is 47.6 Å². The lowest BCUT2D eigenvalue weighted by atomic mass is 10.3. The Morgan fingerprint density at radius 2 is 2.00 bits per heavy atom. The molecule has 0 bridgehead atoms. The van der Waals surface area contributed by atoms with Gasteiger partial charge in [0.15, 0.2) is 33.6 Å². The van der Waals surface area contributed by atoms with Crippen molar-refractivity contribution in [3.63, 3.8) is 0 Å². The summed E-state index contributed by atoms with van der Waals surface area (Å²) in [5.41, 5.74) is 6.98. The molecule has 0 aliphatic carbocycles. The van der Waals surface area contributed by atoms with Crippen molar-refractivity contribution in [3.8, 4) is 11.5 Å². The predicted molar refractivity (Wildman–Crippen MR) is 117 cm³/mol.